The first-order valence-electron chi connectivity index (χ1n) is 6.41. The summed E-state index contributed by atoms with van der Waals surface area (Å²) < 4.78 is 5.31. The molecule has 1 saturated heterocycles. The molecule has 6 nitrogen and oxygen atoms in total. The van der Waals surface area contributed by atoms with Gasteiger partial charge in [-0.2, -0.15) is 0 Å². The van der Waals surface area contributed by atoms with Gasteiger partial charge >= 0.3 is 5.97 Å². The van der Waals surface area contributed by atoms with Crippen LogP contribution in [0.25, 0.3) is 6.08 Å². The Hall–Kier alpha value is -2.21. The number of carboxylic acids is 1. The third-order valence-electron chi connectivity index (χ3n) is 2.93. The van der Waals surface area contributed by atoms with E-state index in [1.807, 2.05) is 0 Å². The molecule has 1 fully saturated rings. The van der Waals surface area contributed by atoms with Gasteiger partial charge in [0, 0.05) is 32.0 Å². The third-order valence-corrected chi connectivity index (χ3v) is 2.93. The largest absolute Gasteiger partial charge is 0.478 e. The number of carbonyl (C=O) groups excluding carboxylic acids is 1. The zero-order chi connectivity index (χ0) is 14.4. The predicted octanol–water partition coefficient (Wildman–Crippen LogP) is 1.04. The zero-order valence-electron chi connectivity index (χ0n) is 11.0. The number of aliphatic carboxylic acids is 1. The lowest BCUT2D eigenvalue weighted by atomic mass is 10.2. The summed E-state index contributed by atoms with van der Waals surface area (Å²) in [6.45, 7) is 2.46. The van der Waals surface area contributed by atoms with Crippen molar-refractivity contribution in [3.05, 3.63) is 35.7 Å². The minimum absolute atomic E-state index is 0.121. The molecule has 6 heteroatoms. The number of pyridine rings is 1. The number of rotatable bonds is 3. The monoisotopic (exact) mass is 276 g/mol. The molecule has 2 heterocycles. The highest BCUT2D eigenvalue weighted by molar-refractivity contribution is 5.92. The molecular weight excluding hydrogens is 260 g/mol. The topological polar surface area (TPSA) is 79.7 Å². The third kappa shape index (κ3) is 3.89. The molecule has 2 rings (SSSR count). The summed E-state index contributed by atoms with van der Waals surface area (Å²) >= 11 is 0. The Morgan fingerprint density at radius 2 is 2.15 bits per heavy atom. The fourth-order valence-corrected chi connectivity index (χ4v) is 1.91. The molecule has 1 aromatic heterocycles. The van der Waals surface area contributed by atoms with Gasteiger partial charge in [-0.15, -0.1) is 0 Å². The number of hydrogen-bond acceptors (Lipinski definition) is 4. The number of amides is 1. The van der Waals surface area contributed by atoms with Crippen LogP contribution in [-0.2, 0) is 9.53 Å². The van der Waals surface area contributed by atoms with Gasteiger partial charge in [-0.1, -0.05) is 6.07 Å². The van der Waals surface area contributed by atoms with Gasteiger partial charge in [0.2, 0.25) is 0 Å². The molecule has 1 amide bonds. The molecule has 0 spiro atoms. The van der Waals surface area contributed by atoms with Crippen molar-refractivity contribution in [3.63, 3.8) is 0 Å². The second-order valence-corrected chi connectivity index (χ2v) is 4.41. The maximum atomic E-state index is 12.2. The smallest absolute Gasteiger partial charge is 0.328 e. The molecule has 1 N–H and O–H groups in total. The minimum Gasteiger partial charge on any atom is -0.478 e. The highest BCUT2D eigenvalue weighted by atomic mass is 16.5. The van der Waals surface area contributed by atoms with Crippen molar-refractivity contribution in [2.75, 3.05) is 26.3 Å². The Bertz CT molecular complexity index is 502. The van der Waals surface area contributed by atoms with Crippen molar-refractivity contribution in [3.8, 4) is 0 Å². The molecule has 1 aliphatic rings. The quantitative estimate of drug-likeness (QED) is 0.834. The second-order valence-electron chi connectivity index (χ2n) is 4.41. The van der Waals surface area contributed by atoms with Crippen molar-refractivity contribution in [2.24, 2.45) is 0 Å². The van der Waals surface area contributed by atoms with Gasteiger partial charge in [0.05, 0.1) is 6.61 Å². The number of carboxylic acid groups (broad SMARTS) is 1. The Morgan fingerprint density at radius 1 is 1.30 bits per heavy atom. The van der Waals surface area contributed by atoms with Gasteiger partial charge < -0.3 is 14.7 Å². The van der Waals surface area contributed by atoms with Gasteiger partial charge in [0.1, 0.15) is 5.69 Å². The van der Waals surface area contributed by atoms with Crippen molar-refractivity contribution in [1.29, 1.82) is 0 Å². The predicted molar refractivity (Wildman–Crippen MR) is 72.2 cm³/mol. The van der Waals surface area contributed by atoms with Crippen LogP contribution < -0.4 is 0 Å². The van der Waals surface area contributed by atoms with Gasteiger partial charge in [-0.3, -0.25) is 9.78 Å². The summed E-state index contributed by atoms with van der Waals surface area (Å²) in [7, 11) is 0. The summed E-state index contributed by atoms with van der Waals surface area (Å²) in [6.07, 6.45) is 4.78. The van der Waals surface area contributed by atoms with Crippen molar-refractivity contribution in [2.45, 2.75) is 6.42 Å². The lowest BCUT2D eigenvalue weighted by Crippen LogP contribution is -2.33. The molecule has 1 aromatic rings. The highest BCUT2D eigenvalue weighted by Crippen LogP contribution is 2.08. The molecule has 0 aromatic carbocycles. The van der Waals surface area contributed by atoms with Crippen LogP contribution in [0.2, 0.25) is 0 Å². The fourth-order valence-electron chi connectivity index (χ4n) is 1.91. The molecule has 20 heavy (non-hydrogen) atoms. The number of carbonyl (C=O) groups is 2. The molecular formula is C14H16N2O4. The standard InChI is InChI=1S/C14H16N2O4/c17-13(18)5-3-11-2-4-12(15-10-11)14(19)16-6-1-8-20-9-7-16/h2-5,10H,1,6-9H2,(H,17,18). The van der Waals surface area contributed by atoms with Crippen LogP contribution in [0, 0.1) is 0 Å². The van der Waals surface area contributed by atoms with Gasteiger partial charge in [0.25, 0.3) is 5.91 Å². The molecule has 0 aliphatic carbocycles. The normalized spacial score (nSPS) is 16.1. The fraction of sp³-hybridized carbons (Fsp3) is 0.357. The van der Waals surface area contributed by atoms with E-state index < -0.39 is 5.97 Å². The molecule has 0 unspecified atom stereocenters. The van der Waals surface area contributed by atoms with E-state index >= 15 is 0 Å². The maximum absolute atomic E-state index is 12.2. The first kappa shape index (κ1) is 14.2. The van der Waals surface area contributed by atoms with E-state index in [4.69, 9.17) is 9.84 Å². The summed E-state index contributed by atoms with van der Waals surface area (Å²) in [6, 6.07) is 3.28. The van der Waals surface area contributed by atoms with Crippen molar-refractivity contribution in [1.82, 2.24) is 9.88 Å². The number of ether oxygens (including phenoxy) is 1. The lowest BCUT2D eigenvalue weighted by molar-refractivity contribution is -0.131. The van der Waals surface area contributed by atoms with Crippen LogP contribution in [0.15, 0.2) is 24.4 Å². The first-order valence-corrected chi connectivity index (χ1v) is 6.41. The summed E-state index contributed by atoms with van der Waals surface area (Å²) in [4.78, 5) is 28.4. The molecule has 1 aliphatic heterocycles. The van der Waals surface area contributed by atoms with E-state index in [-0.39, 0.29) is 5.91 Å². The lowest BCUT2D eigenvalue weighted by Gasteiger charge is -2.18. The van der Waals surface area contributed by atoms with Gasteiger partial charge in [-0.25, -0.2) is 4.79 Å². The zero-order valence-corrected chi connectivity index (χ0v) is 11.0. The summed E-state index contributed by atoms with van der Waals surface area (Å²) in [5.41, 5.74) is 1.00. The van der Waals surface area contributed by atoms with Crippen molar-refractivity contribution < 1.29 is 19.4 Å². The SMILES string of the molecule is O=C(O)C=Cc1ccc(C(=O)N2CCCOCC2)nc1. The number of hydrogen-bond donors (Lipinski definition) is 1. The summed E-state index contributed by atoms with van der Waals surface area (Å²) in [5, 5.41) is 8.53. The average Bonchev–Trinajstić information content (AvgIpc) is 2.74. The van der Waals surface area contributed by atoms with Crippen LogP contribution in [0.3, 0.4) is 0 Å². The molecule has 0 bridgehead atoms. The Kier molecular flexibility index (Phi) is 4.84. The van der Waals surface area contributed by atoms with E-state index in [0.717, 1.165) is 12.5 Å². The maximum Gasteiger partial charge on any atom is 0.328 e. The summed E-state index contributed by atoms with van der Waals surface area (Å²) in [5.74, 6) is -1.14. The average molecular weight is 276 g/mol. The molecule has 0 radical (unpaired) electrons. The van der Waals surface area contributed by atoms with Crippen LogP contribution in [-0.4, -0.2) is 53.2 Å². The van der Waals surface area contributed by atoms with Crippen molar-refractivity contribution >= 4 is 18.0 Å². The highest BCUT2D eigenvalue weighted by Gasteiger charge is 2.18. The number of aromatic nitrogens is 1. The molecule has 0 saturated carbocycles. The van der Waals surface area contributed by atoms with Gasteiger partial charge in [0.15, 0.2) is 0 Å². The van der Waals surface area contributed by atoms with Crippen LogP contribution in [0.4, 0.5) is 0 Å². The van der Waals surface area contributed by atoms with E-state index in [1.54, 1.807) is 17.0 Å². The Balaban J connectivity index is 2.04. The van der Waals surface area contributed by atoms with Gasteiger partial charge in [-0.05, 0) is 24.1 Å². The van der Waals surface area contributed by atoms with Crippen LogP contribution >= 0.6 is 0 Å². The van der Waals surface area contributed by atoms with E-state index in [1.165, 1.54) is 12.3 Å². The van der Waals surface area contributed by atoms with Crippen LogP contribution in [0.1, 0.15) is 22.5 Å². The Morgan fingerprint density at radius 3 is 2.85 bits per heavy atom. The molecule has 0 atom stereocenters. The van der Waals surface area contributed by atoms with E-state index in [0.29, 0.717) is 37.6 Å². The minimum atomic E-state index is -1.02. The molecule has 106 valence electrons. The first-order chi connectivity index (χ1) is 9.66. The van der Waals surface area contributed by atoms with E-state index in [2.05, 4.69) is 4.98 Å². The van der Waals surface area contributed by atoms with E-state index in [9.17, 15) is 9.59 Å². The van der Waals surface area contributed by atoms with Crippen LogP contribution in [0.5, 0.6) is 0 Å². The Labute approximate surface area is 116 Å². The number of nitrogens with zero attached hydrogens (tertiary/aromatic N) is 2. The second kappa shape index (κ2) is 6.81.